The van der Waals surface area contributed by atoms with Crippen LogP contribution >= 0.6 is 0 Å². The molecule has 3 heteroatoms. The van der Waals surface area contributed by atoms with E-state index in [1.807, 2.05) is 6.92 Å². The Kier molecular flexibility index (Phi) is 2.68. The first-order chi connectivity index (χ1) is 6.66. The minimum Gasteiger partial charge on any atom is -0.299 e. The maximum absolute atomic E-state index is 11.5. The monoisotopic (exact) mass is 195 g/mol. The van der Waals surface area contributed by atoms with Crippen LogP contribution in [0, 0.1) is 11.8 Å². The maximum Gasteiger partial charge on any atom is 0.149 e. The summed E-state index contributed by atoms with van der Waals surface area (Å²) >= 11 is 0. The molecular weight excluding hydrogens is 178 g/mol. The minimum absolute atomic E-state index is 0.121. The quantitative estimate of drug-likeness (QED) is 0.670. The second-order valence-corrected chi connectivity index (χ2v) is 4.59. The molecule has 2 fully saturated rings. The molecule has 2 aliphatic rings. The zero-order valence-corrected chi connectivity index (χ0v) is 8.66. The predicted molar refractivity (Wildman–Crippen MR) is 53.0 cm³/mol. The van der Waals surface area contributed by atoms with E-state index >= 15 is 0 Å². The molecule has 1 unspecified atom stereocenters. The Bertz CT molecular complexity index is 258. The fourth-order valence-corrected chi connectivity index (χ4v) is 1.99. The number of carbonyl (C=O) groups is 2. The summed E-state index contributed by atoms with van der Waals surface area (Å²) in [6.45, 7) is 4.08. The van der Waals surface area contributed by atoms with E-state index in [0.29, 0.717) is 30.4 Å². The van der Waals surface area contributed by atoms with Crippen molar-refractivity contribution >= 4 is 11.6 Å². The van der Waals surface area contributed by atoms with Crippen molar-refractivity contribution in [1.82, 2.24) is 4.90 Å². The molecule has 0 aromatic heterocycles. The van der Waals surface area contributed by atoms with E-state index in [9.17, 15) is 9.59 Å². The van der Waals surface area contributed by atoms with Crippen molar-refractivity contribution in [2.75, 3.05) is 19.6 Å². The Labute approximate surface area is 84.5 Å². The Balaban J connectivity index is 1.81. The van der Waals surface area contributed by atoms with E-state index in [1.165, 1.54) is 0 Å². The van der Waals surface area contributed by atoms with Gasteiger partial charge in [0.2, 0.25) is 0 Å². The number of rotatable bonds is 3. The molecule has 0 aromatic carbocycles. The summed E-state index contributed by atoms with van der Waals surface area (Å²) in [4.78, 5) is 24.9. The second-order valence-electron chi connectivity index (χ2n) is 4.59. The molecule has 0 N–H and O–H groups in total. The first kappa shape index (κ1) is 9.84. The van der Waals surface area contributed by atoms with E-state index < -0.39 is 0 Å². The molecule has 14 heavy (non-hydrogen) atoms. The highest BCUT2D eigenvalue weighted by Crippen LogP contribution is 2.30. The van der Waals surface area contributed by atoms with Crippen LogP contribution in [0.15, 0.2) is 0 Å². The van der Waals surface area contributed by atoms with Gasteiger partial charge in [0.15, 0.2) is 0 Å². The van der Waals surface area contributed by atoms with Crippen LogP contribution in [0.5, 0.6) is 0 Å². The summed E-state index contributed by atoms with van der Waals surface area (Å²) in [6.07, 6.45) is 2.79. The molecule has 1 atom stereocenters. The van der Waals surface area contributed by atoms with E-state index in [0.717, 1.165) is 25.9 Å². The predicted octanol–water partition coefficient (Wildman–Crippen LogP) is 0.876. The molecule has 1 saturated carbocycles. The van der Waals surface area contributed by atoms with Gasteiger partial charge in [0.1, 0.15) is 11.6 Å². The lowest BCUT2D eigenvalue weighted by Crippen LogP contribution is -2.42. The zero-order valence-electron chi connectivity index (χ0n) is 8.66. The summed E-state index contributed by atoms with van der Waals surface area (Å²) in [6, 6.07) is 0. The van der Waals surface area contributed by atoms with Crippen LogP contribution in [-0.4, -0.2) is 36.1 Å². The van der Waals surface area contributed by atoms with E-state index in [2.05, 4.69) is 4.90 Å². The zero-order chi connectivity index (χ0) is 10.1. The van der Waals surface area contributed by atoms with Gasteiger partial charge in [-0.1, -0.05) is 6.92 Å². The highest BCUT2D eigenvalue weighted by Gasteiger charge is 2.32. The van der Waals surface area contributed by atoms with Gasteiger partial charge in [0, 0.05) is 31.3 Å². The lowest BCUT2D eigenvalue weighted by atomic mass is 9.98. The molecule has 1 saturated heterocycles. The van der Waals surface area contributed by atoms with Gasteiger partial charge in [0.25, 0.3) is 0 Å². The Morgan fingerprint density at radius 3 is 2.79 bits per heavy atom. The topological polar surface area (TPSA) is 37.4 Å². The van der Waals surface area contributed by atoms with E-state index in [-0.39, 0.29) is 5.92 Å². The molecule has 1 heterocycles. The molecule has 0 amide bonds. The largest absolute Gasteiger partial charge is 0.299 e. The fraction of sp³-hybridized carbons (Fsp3) is 0.818. The highest BCUT2D eigenvalue weighted by atomic mass is 16.1. The van der Waals surface area contributed by atoms with Gasteiger partial charge in [-0.25, -0.2) is 0 Å². The fourth-order valence-electron chi connectivity index (χ4n) is 1.99. The maximum atomic E-state index is 11.5. The molecule has 0 bridgehead atoms. The lowest BCUT2D eigenvalue weighted by molar-refractivity contribution is -0.128. The van der Waals surface area contributed by atoms with Gasteiger partial charge in [-0.05, 0) is 12.8 Å². The third-order valence-corrected chi connectivity index (χ3v) is 3.17. The second kappa shape index (κ2) is 3.81. The van der Waals surface area contributed by atoms with Crippen molar-refractivity contribution in [3.63, 3.8) is 0 Å². The summed E-state index contributed by atoms with van der Waals surface area (Å²) < 4.78 is 0. The first-order valence-electron chi connectivity index (χ1n) is 5.44. The SMILES string of the molecule is CC1CN(CC(=O)C2CC2)CCC1=O. The number of piperidine rings is 1. The van der Waals surface area contributed by atoms with Gasteiger partial charge in [-0.2, -0.15) is 0 Å². The van der Waals surface area contributed by atoms with Crippen LogP contribution in [0.1, 0.15) is 26.2 Å². The number of carbonyl (C=O) groups excluding carboxylic acids is 2. The van der Waals surface area contributed by atoms with Gasteiger partial charge < -0.3 is 0 Å². The molecule has 0 radical (unpaired) electrons. The number of hydrogen-bond donors (Lipinski definition) is 0. The van der Waals surface area contributed by atoms with Crippen LogP contribution < -0.4 is 0 Å². The van der Waals surface area contributed by atoms with Gasteiger partial charge in [0.05, 0.1) is 6.54 Å². The summed E-state index contributed by atoms with van der Waals surface area (Å²) in [5, 5.41) is 0. The third kappa shape index (κ3) is 2.21. The van der Waals surface area contributed by atoms with Gasteiger partial charge in [-0.15, -0.1) is 0 Å². The molecule has 0 spiro atoms. The summed E-state index contributed by atoms with van der Waals surface area (Å²) in [5.41, 5.74) is 0. The number of ketones is 2. The Hall–Kier alpha value is -0.700. The van der Waals surface area contributed by atoms with Crippen LogP contribution in [0.3, 0.4) is 0 Å². The van der Waals surface area contributed by atoms with Crippen molar-refractivity contribution in [2.24, 2.45) is 11.8 Å². The van der Waals surface area contributed by atoms with Crippen LogP contribution in [0.2, 0.25) is 0 Å². The normalized spacial score (nSPS) is 29.2. The summed E-state index contributed by atoms with van der Waals surface area (Å²) in [7, 11) is 0. The lowest BCUT2D eigenvalue weighted by Gasteiger charge is -2.29. The van der Waals surface area contributed by atoms with Crippen molar-refractivity contribution in [2.45, 2.75) is 26.2 Å². The van der Waals surface area contributed by atoms with Crippen molar-refractivity contribution in [3.8, 4) is 0 Å². The average Bonchev–Trinajstić information content (AvgIpc) is 2.94. The Morgan fingerprint density at radius 2 is 2.21 bits per heavy atom. The summed E-state index contributed by atoms with van der Waals surface area (Å²) in [5.74, 6) is 1.20. The van der Waals surface area contributed by atoms with Crippen molar-refractivity contribution in [3.05, 3.63) is 0 Å². The first-order valence-corrected chi connectivity index (χ1v) is 5.44. The van der Waals surface area contributed by atoms with Crippen molar-refractivity contribution in [1.29, 1.82) is 0 Å². The molecule has 3 nitrogen and oxygen atoms in total. The van der Waals surface area contributed by atoms with Crippen LogP contribution in [0.25, 0.3) is 0 Å². The Morgan fingerprint density at radius 1 is 1.50 bits per heavy atom. The van der Waals surface area contributed by atoms with Crippen LogP contribution in [-0.2, 0) is 9.59 Å². The van der Waals surface area contributed by atoms with Crippen LogP contribution in [0.4, 0.5) is 0 Å². The molecule has 1 aliphatic carbocycles. The van der Waals surface area contributed by atoms with Gasteiger partial charge in [-0.3, -0.25) is 14.5 Å². The smallest absolute Gasteiger partial charge is 0.149 e. The molecular formula is C11H17NO2. The number of nitrogens with zero attached hydrogens (tertiary/aromatic N) is 1. The highest BCUT2D eigenvalue weighted by molar-refractivity contribution is 5.86. The number of likely N-dealkylation sites (tertiary alicyclic amines) is 1. The molecule has 2 rings (SSSR count). The molecule has 0 aromatic rings. The molecule has 1 aliphatic heterocycles. The number of Topliss-reactive ketones (excluding diaryl/α,β-unsaturated/α-hetero) is 2. The molecule has 78 valence electrons. The standard InChI is InChI=1S/C11H17NO2/c1-8-6-12(5-4-10(8)13)7-11(14)9-2-3-9/h8-9H,2-7H2,1H3. The van der Waals surface area contributed by atoms with Gasteiger partial charge >= 0.3 is 0 Å². The van der Waals surface area contributed by atoms with Crippen molar-refractivity contribution < 1.29 is 9.59 Å². The van der Waals surface area contributed by atoms with E-state index in [4.69, 9.17) is 0 Å². The minimum atomic E-state index is 0.121. The third-order valence-electron chi connectivity index (χ3n) is 3.17. The number of hydrogen-bond acceptors (Lipinski definition) is 3. The van der Waals surface area contributed by atoms with E-state index in [1.54, 1.807) is 0 Å². The average molecular weight is 195 g/mol.